The molecule has 10 heteroatoms. The lowest BCUT2D eigenvalue weighted by Gasteiger charge is -2.23. The van der Waals surface area contributed by atoms with Crippen LogP contribution in [0.1, 0.15) is 24.5 Å². The van der Waals surface area contributed by atoms with Crippen molar-refractivity contribution in [3.8, 4) is 5.75 Å². The summed E-state index contributed by atoms with van der Waals surface area (Å²) in [4.78, 5) is 42.1. The third-order valence-corrected chi connectivity index (χ3v) is 6.32. The molecule has 2 aliphatic heterocycles. The van der Waals surface area contributed by atoms with Crippen molar-refractivity contribution in [2.75, 3.05) is 19.8 Å². The van der Waals surface area contributed by atoms with E-state index in [9.17, 15) is 23.9 Å². The van der Waals surface area contributed by atoms with Crippen molar-refractivity contribution in [2.45, 2.75) is 38.4 Å². The zero-order valence-corrected chi connectivity index (χ0v) is 19.6. The highest BCUT2D eigenvalue weighted by atomic mass is 19.1. The predicted octanol–water partition coefficient (Wildman–Crippen LogP) is 0.971. The molecule has 2 aromatic rings. The number of nitrogens with one attached hydrogen (secondary N) is 1. The molecule has 0 spiro atoms. The Labute approximate surface area is 203 Å². The summed E-state index contributed by atoms with van der Waals surface area (Å²) in [7, 11) is 0. The van der Waals surface area contributed by atoms with Crippen LogP contribution in [0.3, 0.4) is 0 Å². The van der Waals surface area contributed by atoms with E-state index in [2.05, 4.69) is 5.43 Å². The monoisotopic (exact) mass is 483 g/mol. The molecule has 0 bridgehead atoms. The minimum Gasteiger partial charge on any atom is -0.508 e. The molecule has 0 saturated carbocycles. The van der Waals surface area contributed by atoms with Gasteiger partial charge in [0.05, 0.1) is 18.6 Å². The van der Waals surface area contributed by atoms with Crippen LogP contribution in [0.4, 0.5) is 4.39 Å². The summed E-state index contributed by atoms with van der Waals surface area (Å²) in [6.07, 6.45) is 0.459. The minimum absolute atomic E-state index is 0.0511. The van der Waals surface area contributed by atoms with Crippen LogP contribution in [-0.4, -0.2) is 69.5 Å². The highest BCUT2D eigenvalue weighted by molar-refractivity contribution is 5.91. The lowest BCUT2D eigenvalue weighted by molar-refractivity contribution is -0.140. The number of nitrogens with two attached hydrogens (primary N) is 1. The molecule has 2 fully saturated rings. The average molecular weight is 484 g/mol. The van der Waals surface area contributed by atoms with Crippen LogP contribution >= 0.6 is 0 Å². The first kappa shape index (κ1) is 24.6. The molecule has 4 N–H and O–H groups in total. The number of likely N-dealkylation sites (tertiary alicyclic amines) is 1. The lowest BCUT2D eigenvalue weighted by Crippen LogP contribution is -2.47. The smallest absolute Gasteiger partial charge is 0.259 e. The fraction of sp³-hybridized carbons (Fsp3) is 0.400. The molecule has 3 atom stereocenters. The van der Waals surface area contributed by atoms with Gasteiger partial charge in [0.15, 0.2) is 0 Å². The Kier molecular flexibility index (Phi) is 7.32. The van der Waals surface area contributed by atoms with E-state index in [1.807, 2.05) is 11.8 Å². The number of benzene rings is 2. The standard InChI is InChI=1S/C25H30FN5O4/c1-16(27)12-30-15-31(25(35)22(30)10-17-4-8-21(32)9-5-17)28-24(34)19-11-23(33)29(14-19)13-18-2-6-20(26)7-3-18/h2-9,16,19,22,32H,10-15,27H2,1H3,(H,28,34)/t16?,19?,22-/m1/s1. The van der Waals surface area contributed by atoms with Gasteiger partial charge < -0.3 is 15.7 Å². The van der Waals surface area contributed by atoms with Gasteiger partial charge in [-0.1, -0.05) is 24.3 Å². The molecule has 9 nitrogen and oxygen atoms in total. The molecule has 2 saturated heterocycles. The number of halogens is 1. The van der Waals surface area contributed by atoms with E-state index in [0.29, 0.717) is 19.5 Å². The third-order valence-electron chi connectivity index (χ3n) is 6.32. The van der Waals surface area contributed by atoms with Crippen LogP contribution in [0.5, 0.6) is 5.75 Å². The van der Waals surface area contributed by atoms with Crippen LogP contribution < -0.4 is 11.2 Å². The summed E-state index contributed by atoms with van der Waals surface area (Å²) in [5.74, 6) is -1.60. The number of rotatable bonds is 8. The van der Waals surface area contributed by atoms with Gasteiger partial charge in [-0.25, -0.2) is 9.40 Å². The Bertz CT molecular complexity index is 1080. The van der Waals surface area contributed by atoms with E-state index in [4.69, 9.17) is 5.73 Å². The van der Waals surface area contributed by atoms with Gasteiger partial charge in [-0.05, 0) is 48.7 Å². The van der Waals surface area contributed by atoms with E-state index in [0.717, 1.165) is 11.1 Å². The Morgan fingerprint density at radius 2 is 1.80 bits per heavy atom. The van der Waals surface area contributed by atoms with Crippen molar-refractivity contribution in [3.05, 3.63) is 65.5 Å². The van der Waals surface area contributed by atoms with Crippen molar-refractivity contribution >= 4 is 17.7 Å². The molecule has 2 unspecified atom stereocenters. The van der Waals surface area contributed by atoms with Gasteiger partial charge in [0.25, 0.3) is 5.91 Å². The van der Waals surface area contributed by atoms with Gasteiger partial charge >= 0.3 is 0 Å². The number of hydrazine groups is 1. The number of hydrogen-bond donors (Lipinski definition) is 3. The van der Waals surface area contributed by atoms with Gasteiger partial charge in [0, 0.05) is 32.1 Å². The second-order valence-corrected chi connectivity index (χ2v) is 9.32. The maximum atomic E-state index is 13.2. The molecular weight excluding hydrogens is 453 g/mol. The van der Waals surface area contributed by atoms with Crippen LogP contribution in [0, 0.1) is 11.7 Å². The minimum atomic E-state index is -0.589. The molecule has 35 heavy (non-hydrogen) atoms. The highest BCUT2D eigenvalue weighted by Gasteiger charge is 2.41. The van der Waals surface area contributed by atoms with Gasteiger partial charge in [0.2, 0.25) is 11.8 Å². The van der Waals surface area contributed by atoms with Gasteiger partial charge in [-0.15, -0.1) is 0 Å². The molecule has 3 amide bonds. The summed E-state index contributed by atoms with van der Waals surface area (Å²) < 4.78 is 13.1. The highest BCUT2D eigenvalue weighted by Crippen LogP contribution is 2.23. The molecule has 0 aromatic heterocycles. The zero-order chi connectivity index (χ0) is 25.1. The number of carbonyl (C=O) groups is 3. The first-order valence-electron chi connectivity index (χ1n) is 11.6. The lowest BCUT2D eigenvalue weighted by atomic mass is 10.0. The van der Waals surface area contributed by atoms with Crippen molar-refractivity contribution in [2.24, 2.45) is 11.7 Å². The summed E-state index contributed by atoms with van der Waals surface area (Å²) >= 11 is 0. The van der Waals surface area contributed by atoms with Crippen molar-refractivity contribution in [1.29, 1.82) is 0 Å². The fourth-order valence-electron chi connectivity index (χ4n) is 4.54. The average Bonchev–Trinajstić information content (AvgIpc) is 3.31. The van der Waals surface area contributed by atoms with Crippen LogP contribution in [-0.2, 0) is 27.3 Å². The number of phenols is 1. The second kappa shape index (κ2) is 10.4. The molecule has 4 rings (SSSR count). The van der Waals surface area contributed by atoms with E-state index < -0.39 is 12.0 Å². The van der Waals surface area contributed by atoms with Crippen LogP contribution in [0.2, 0.25) is 0 Å². The summed E-state index contributed by atoms with van der Waals surface area (Å²) in [6.45, 7) is 3.03. The number of aromatic hydroxyl groups is 1. The Balaban J connectivity index is 1.38. The van der Waals surface area contributed by atoms with Crippen LogP contribution in [0.25, 0.3) is 0 Å². The summed E-state index contributed by atoms with van der Waals surface area (Å²) in [5, 5.41) is 10.8. The quantitative estimate of drug-likeness (QED) is 0.515. The first-order valence-corrected chi connectivity index (χ1v) is 11.6. The molecule has 2 aliphatic rings. The summed E-state index contributed by atoms with van der Waals surface area (Å²) in [5.41, 5.74) is 10.3. The predicted molar refractivity (Wildman–Crippen MR) is 126 cm³/mol. The largest absolute Gasteiger partial charge is 0.508 e. The van der Waals surface area contributed by atoms with E-state index in [-0.39, 0.29) is 55.0 Å². The number of phenolic OH excluding ortho intramolecular Hbond substituents is 1. The Hall–Kier alpha value is -3.50. The third kappa shape index (κ3) is 5.95. The maximum absolute atomic E-state index is 13.2. The van der Waals surface area contributed by atoms with E-state index in [1.165, 1.54) is 17.1 Å². The number of hydrogen-bond acceptors (Lipinski definition) is 6. The Morgan fingerprint density at radius 3 is 2.46 bits per heavy atom. The van der Waals surface area contributed by atoms with Gasteiger partial charge in [0.1, 0.15) is 11.6 Å². The first-order chi connectivity index (χ1) is 16.7. The molecular formula is C25H30FN5O4. The molecule has 0 aliphatic carbocycles. The van der Waals surface area contributed by atoms with E-state index in [1.54, 1.807) is 41.3 Å². The number of nitrogens with zero attached hydrogens (tertiary/aromatic N) is 3. The van der Waals surface area contributed by atoms with Crippen LogP contribution in [0.15, 0.2) is 48.5 Å². The fourth-order valence-corrected chi connectivity index (χ4v) is 4.54. The van der Waals surface area contributed by atoms with Crippen molar-refractivity contribution < 1.29 is 23.9 Å². The normalized spacial score (nSPS) is 21.6. The maximum Gasteiger partial charge on any atom is 0.259 e. The molecule has 186 valence electrons. The van der Waals surface area contributed by atoms with E-state index >= 15 is 0 Å². The van der Waals surface area contributed by atoms with Gasteiger partial charge in [-0.2, -0.15) is 0 Å². The summed E-state index contributed by atoms with van der Waals surface area (Å²) in [6, 6.07) is 11.9. The zero-order valence-electron chi connectivity index (χ0n) is 19.6. The van der Waals surface area contributed by atoms with Gasteiger partial charge in [-0.3, -0.25) is 24.7 Å². The number of carbonyl (C=O) groups excluding carboxylic acids is 3. The SMILES string of the molecule is CC(N)CN1CN(NC(=O)C2CC(=O)N(Cc3ccc(F)cc3)C2)C(=O)[C@H]1Cc1ccc(O)cc1. The Morgan fingerprint density at radius 1 is 1.14 bits per heavy atom. The molecule has 2 aromatic carbocycles. The number of amides is 3. The topological polar surface area (TPSA) is 119 Å². The second-order valence-electron chi connectivity index (χ2n) is 9.32. The van der Waals surface area contributed by atoms with Crippen molar-refractivity contribution in [3.63, 3.8) is 0 Å². The molecule has 0 radical (unpaired) electrons. The molecule has 2 heterocycles. The van der Waals surface area contributed by atoms with Crippen molar-refractivity contribution in [1.82, 2.24) is 20.2 Å².